The van der Waals surface area contributed by atoms with Crippen LogP contribution in [0.15, 0.2) is 29.0 Å². The molecule has 21 heavy (non-hydrogen) atoms. The number of nitrogens with zero attached hydrogens (tertiary/aromatic N) is 4. The highest BCUT2D eigenvalue weighted by Gasteiger charge is 2.23. The van der Waals surface area contributed by atoms with Crippen LogP contribution < -0.4 is 10.6 Å². The van der Waals surface area contributed by atoms with Crippen LogP contribution in [-0.2, 0) is 13.0 Å². The van der Waals surface area contributed by atoms with Gasteiger partial charge in [-0.25, -0.2) is 4.98 Å². The topological polar surface area (TPSA) is 81.1 Å². The standard InChI is InChI=1S/C15H15N5O/c1-9-13-14(17-8-18-15(13)21-19-9)20-6-5-10-3-2-4-12(16)11(10)7-20/h2-4,8H,5-7,16H2,1H3. The van der Waals surface area contributed by atoms with Gasteiger partial charge < -0.3 is 15.2 Å². The molecule has 1 aromatic carbocycles. The maximum absolute atomic E-state index is 6.11. The number of fused-ring (bicyclic) bond motifs is 2. The molecule has 0 amide bonds. The predicted molar refractivity (Wildman–Crippen MR) is 79.9 cm³/mol. The van der Waals surface area contributed by atoms with Gasteiger partial charge in [0.1, 0.15) is 17.5 Å². The first-order valence-corrected chi connectivity index (χ1v) is 6.92. The largest absolute Gasteiger partial charge is 0.398 e. The minimum Gasteiger partial charge on any atom is -0.398 e. The molecule has 0 atom stereocenters. The lowest BCUT2D eigenvalue weighted by molar-refractivity contribution is 0.442. The van der Waals surface area contributed by atoms with Gasteiger partial charge in [-0.2, -0.15) is 4.98 Å². The molecule has 0 saturated heterocycles. The van der Waals surface area contributed by atoms with Gasteiger partial charge in [0.2, 0.25) is 0 Å². The van der Waals surface area contributed by atoms with E-state index >= 15 is 0 Å². The number of nitrogens with two attached hydrogens (primary N) is 1. The number of nitrogen functional groups attached to an aromatic ring is 1. The van der Waals surface area contributed by atoms with Crippen LogP contribution in [0.1, 0.15) is 16.8 Å². The van der Waals surface area contributed by atoms with E-state index < -0.39 is 0 Å². The minimum absolute atomic E-state index is 0.532. The Balaban J connectivity index is 1.81. The molecule has 0 bridgehead atoms. The van der Waals surface area contributed by atoms with E-state index in [2.05, 4.69) is 26.1 Å². The van der Waals surface area contributed by atoms with Crippen molar-refractivity contribution >= 4 is 22.6 Å². The Hall–Kier alpha value is -2.63. The second-order valence-corrected chi connectivity index (χ2v) is 5.30. The summed E-state index contributed by atoms with van der Waals surface area (Å²) in [5.74, 6) is 0.868. The van der Waals surface area contributed by atoms with Crippen LogP contribution in [0.4, 0.5) is 11.5 Å². The quantitative estimate of drug-likeness (QED) is 0.688. The Morgan fingerprint density at radius 3 is 3.10 bits per heavy atom. The van der Waals surface area contributed by atoms with E-state index in [4.69, 9.17) is 10.3 Å². The van der Waals surface area contributed by atoms with Crippen LogP contribution in [0.3, 0.4) is 0 Å². The molecule has 106 valence electrons. The summed E-state index contributed by atoms with van der Waals surface area (Å²) in [5.41, 5.74) is 10.8. The Kier molecular flexibility index (Phi) is 2.57. The molecule has 1 aliphatic heterocycles. The lowest BCUT2D eigenvalue weighted by atomic mass is 9.98. The Labute approximate surface area is 121 Å². The summed E-state index contributed by atoms with van der Waals surface area (Å²) in [5, 5.41) is 4.87. The first kappa shape index (κ1) is 12.1. The molecule has 0 aliphatic carbocycles. The molecule has 2 aromatic heterocycles. The van der Waals surface area contributed by atoms with Crippen molar-refractivity contribution in [1.82, 2.24) is 15.1 Å². The average molecular weight is 281 g/mol. The third-order valence-electron chi connectivity index (χ3n) is 4.03. The van der Waals surface area contributed by atoms with Crippen LogP contribution in [0.5, 0.6) is 0 Å². The van der Waals surface area contributed by atoms with E-state index in [1.165, 1.54) is 17.5 Å². The number of hydrogen-bond donors (Lipinski definition) is 1. The lowest BCUT2D eigenvalue weighted by Gasteiger charge is -2.30. The van der Waals surface area contributed by atoms with Crippen LogP contribution in [0.25, 0.3) is 11.1 Å². The molecule has 6 nitrogen and oxygen atoms in total. The number of rotatable bonds is 1. The number of aryl methyl sites for hydroxylation is 1. The summed E-state index contributed by atoms with van der Waals surface area (Å²) < 4.78 is 5.22. The monoisotopic (exact) mass is 281 g/mol. The van der Waals surface area contributed by atoms with Gasteiger partial charge in [-0.3, -0.25) is 0 Å². The molecular weight excluding hydrogens is 266 g/mol. The number of benzene rings is 1. The van der Waals surface area contributed by atoms with Crippen LogP contribution in [0, 0.1) is 6.92 Å². The second-order valence-electron chi connectivity index (χ2n) is 5.30. The van der Waals surface area contributed by atoms with Crippen LogP contribution in [0.2, 0.25) is 0 Å². The van der Waals surface area contributed by atoms with Crippen LogP contribution >= 0.6 is 0 Å². The predicted octanol–water partition coefficient (Wildman–Crippen LogP) is 2.07. The number of anilines is 2. The highest BCUT2D eigenvalue weighted by Crippen LogP contribution is 2.31. The van der Waals surface area contributed by atoms with Crippen LogP contribution in [-0.4, -0.2) is 21.7 Å². The van der Waals surface area contributed by atoms with Crippen molar-refractivity contribution in [1.29, 1.82) is 0 Å². The smallest absolute Gasteiger partial charge is 0.263 e. The minimum atomic E-state index is 0.532. The van der Waals surface area contributed by atoms with E-state index in [1.807, 2.05) is 19.1 Å². The zero-order valence-electron chi connectivity index (χ0n) is 11.7. The zero-order valence-corrected chi connectivity index (χ0v) is 11.7. The highest BCUT2D eigenvalue weighted by atomic mass is 16.5. The van der Waals surface area contributed by atoms with Gasteiger partial charge >= 0.3 is 0 Å². The van der Waals surface area contributed by atoms with Crippen molar-refractivity contribution < 1.29 is 4.52 Å². The zero-order chi connectivity index (χ0) is 14.4. The van der Waals surface area contributed by atoms with E-state index in [-0.39, 0.29) is 0 Å². The fourth-order valence-corrected chi connectivity index (χ4v) is 2.93. The molecule has 0 spiro atoms. The maximum atomic E-state index is 6.11. The van der Waals surface area contributed by atoms with E-state index in [0.29, 0.717) is 5.71 Å². The molecule has 0 unspecified atom stereocenters. The fraction of sp³-hybridized carbons (Fsp3) is 0.267. The van der Waals surface area contributed by atoms with Crippen molar-refractivity contribution in [3.63, 3.8) is 0 Å². The third-order valence-corrected chi connectivity index (χ3v) is 4.03. The Bertz CT molecular complexity index is 826. The molecule has 3 heterocycles. The molecule has 3 aromatic rings. The molecule has 1 aliphatic rings. The first-order chi connectivity index (χ1) is 10.2. The summed E-state index contributed by atoms with van der Waals surface area (Å²) >= 11 is 0. The number of hydrogen-bond acceptors (Lipinski definition) is 6. The normalized spacial score (nSPS) is 14.4. The summed E-state index contributed by atoms with van der Waals surface area (Å²) in [6.45, 7) is 3.55. The Morgan fingerprint density at radius 1 is 1.29 bits per heavy atom. The average Bonchev–Trinajstić information content (AvgIpc) is 2.89. The van der Waals surface area contributed by atoms with Crippen molar-refractivity contribution in [2.75, 3.05) is 17.2 Å². The van der Waals surface area contributed by atoms with Gasteiger partial charge in [-0.1, -0.05) is 17.3 Å². The van der Waals surface area contributed by atoms with E-state index in [1.54, 1.807) is 0 Å². The van der Waals surface area contributed by atoms with Gasteiger partial charge in [0, 0.05) is 18.8 Å². The molecule has 0 saturated carbocycles. The van der Waals surface area contributed by atoms with Gasteiger partial charge in [-0.05, 0) is 30.5 Å². The Morgan fingerprint density at radius 2 is 2.19 bits per heavy atom. The molecule has 0 fully saturated rings. The second kappa shape index (κ2) is 4.44. The fourth-order valence-electron chi connectivity index (χ4n) is 2.93. The van der Waals surface area contributed by atoms with Crippen molar-refractivity contribution in [2.24, 2.45) is 0 Å². The summed E-state index contributed by atoms with van der Waals surface area (Å²) in [7, 11) is 0. The highest BCUT2D eigenvalue weighted by molar-refractivity contribution is 5.88. The molecule has 0 radical (unpaired) electrons. The molecule has 4 rings (SSSR count). The number of aromatic nitrogens is 3. The SMILES string of the molecule is Cc1noc2ncnc(N3CCc4cccc(N)c4C3)c12. The van der Waals surface area contributed by atoms with E-state index in [9.17, 15) is 0 Å². The van der Waals surface area contributed by atoms with Crippen molar-refractivity contribution in [3.05, 3.63) is 41.3 Å². The molecular formula is C15H15N5O. The van der Waals surface area contributed by atoms with Crippen molar-refractivity contribution in [2.45, 2.75) is 19.9 Å². The van der Waals surface area contributed by atoms with Gasteiger partial charge in [-0.15, -0.1) is 0 Å². The lowest BCUT2D eigenvalue weighted by Crippen LogP contribution is -2.31. The summed E-state index contributed by atoms with van der Waals surface area (Å²) in [4.78, 5) is 10.8. The van der Waals surface area contributed by atoms with Gasteiger partial charge in [0.25, 0.3) is 5.71 Å². The first-order valence-electron chi connectivity index (χ1n) is 6.92. The maximum Gasteiger partial charge on any atom is 0.263 e. The van der Waals surface area contributed by atoms with Gasteiger partial charge in [0.15, 0.2) is 0 Å². The summed E-state index contributed by atoms with van der Waals surface area (Å²) in [6, 6.07) is 6.10. The molecule has 2 N–H and O–H groups in total. The van der Waals surface area contributed by atoms with Crippen molar-refractivity contribution in [3.8, 4) is 0 Å². The molecule has 6 heteroatoms. The summed E-state index contributed by atoms with van der Waals surface area (Å²) in [6.07, 6.45) is 2.47. The van der Waals surface area contributed by atoms with Gasteiger partial charge in [0.05, 0.1) is 5.69 Å². The van der Waals surface area contributed by atoms with E-state index in [0.717, 1.165) is 42.1 Å². The third kappa shape index (κ3) is 1.83.